The van der Waals surface area contributed by atoms with Crippen LogP contribution in [0.3, 0.4) is 0 Å². The average Bonchev–Trinajstić information content (AvgIpc) is 1.65. The van der Waals surface area contributed by atoms with E-state index in [1.807, 2.05) is 14.1 Å². The third kappa shape index (κ3) is 2.34. The van der Waals surface area contributed by atoms with Crippen LogP contribution in [0.4, 0.5) is 0 Å². The van der Waals surface area contributed by atoms with Gasteiger partial charge in [0, 0.05) is 0 Å². The molecule has 2 nitrogen and oxygen atoms in total. The summed E-state index contributed by atoms with van der Waals surface area (Å²) in [5.41, 5.74) is 0. The van der Waals surface area contributed by atoms with Crippen LogP contribution in [0.25, 0.3) is 0 Å². The Hall–Kier alpha value is -0.370. The molecule has 0 rings (SSSR count). The van der Waals surface area contributed by atoms with E-state index in [-0.39, 0.29) is 6.04 Å². The molecule has 1 atom stereocenters. The summed E-state index contributed by atoms with van der Waals surface area (Å²) >= 11 is 0. The summed E-state index contributed by atoms with van der Waals surface area (Å²) in [6.07, 6.45) is 0.806. The van der Waals surface area contributed by atoms with E-state index < -0.39 is 0 Å². The van der Waals surface area contributed by atoms with Crippen molar-refractivity contribution in [3.63, 3.8) is 0 Å². The molecule has 0 saturated heterocycles. The van der Waals surface area contributed by atoms with Gasteiger partial charge in [-0.25, -0.2) is 0 Å². The molecular formula is C5H10NO. The molecule has 0 aliphatic carbocycles. The van der Waals surface area contributed by atoms with E-state index in [9.17, 15) is 4.79 Å². The first-order valence-electron chi connectivity index (χ1n) is 2.13. The zero-order chi connectivity index (χ0) is 5.86. The van der Waals surface area contributed by atoms with Crippen molar-refractivity contribution < 1.29 is 4.79 Å². The maximum absolute atomic E-state index is 9.84. The van der Waals surface area contributed by atoms with Crippen LogP contribution in [0.1, 0.15) is 0 Å². The van der Waals surface area contributed by atoms with Gasteiger partial charge in [-0.15, -0.1) is 0 Å². The fraction of sp³-hybridized carbons (Fsp3) is 0.600. The molecule has 0 aromatic heterocycles. The second kappa shape index (κ2) is 2.75. The van der Waals surface area contributed by atoms with Gasteiger partial charge >= 0.3 is 0 Å². The second-order valence-electron chi connectivity index (χ2n) is 1.67. The molecule has 1 unspecified atom stereocenters. The minimum atomic E-state index is -0.194. The van der Waals surface area contributed by atoms with Crippen LogP contribution in [0, 0.1) is 6.92 Å². The maximum atomic E-state index is 9.84. The number of carbonyl (C=O) groups is 1. The summed E-state index contributed by atoms with van der Waals surface area (Å²) in [7, 11) is 3.62. The van der Waals surface area contributed by atoms with Gasteiger partial charge in [0.15, 0.2) is 0 Å². The smallest absolute Gasteiger partial charge is 0.137 e. The highest BCUT2D eigenvalue weighted by molar-refractivity contribution is 5.58. The minimum absolute atomic E-state index is 0.194. The summed E-state index contributed by atoms with van der Waals surface area (Å²) < 4.78 is 0. The largest absolute Gasteiger partial charge is 0.302 e. The van der Waals surface area contributed by atoms with Crippen LogP contribution in [0.15, 0.2) is 0 Å². The molecule has 0 aliphatic heterocycles. The van der Waals surface area contributed by atoms with E-state index in [0.29, 0.717) is 0 Å². The summed E-state index contributed by atoms with van der Waals surface area (Å²) in [5, 5.41) is 0. The number of likely N-dealkylation sites (N-methyl/N-ethyl adjacent to an activating group) is 1. The average molecular weight is 100 g/mol. The molecule has 2 heteroatoms. The maximum Gasteiger partial charge on any atom is 0.137 e. The molecule has 1 radical (unpaired) electrons. The Bertz CT molecular complexity index is 61.1. The van der Waals surface area contributed by atoms with Gasteiger partial charge in [-0.05, 0) is 21.0 Å². The van der Waals surface area contributed by atoms with Crippen molar-refractivity contribution in [2.24, 2.45) is 0 Å². The van der Waals surface area contributed by atoms with Gasteiger partial charge in [0.1, 0.15) is 6.29 Å². The summed E-state index contributed by atoms with van der Waals surface area (Å²) in [6, 6.07) is -0.194. The molecule has 0 amide bonds. The van der Waals surface area contributed by atoms with E-state index >= 15 is 0 Å². The van der Waals surface area contributed by atoms with Gasteiger partial charge in [0.2, 0.25) is 0 Å². The molecular weight excluding hydrogens is 90.1 g/mol. The molecule has 0 N–H and O–H groups in total. The van der Waals surface area contributed by atoms with Gasteiger partial charge in [0.05, 0.1) is 6.04 Å². The van der Waals surface area contributed by atoms with Crippen molar-refractivity contribution in [3.8, 4) is 0 Å². The lowest BCUT2D eigenvalue weighted by Crippen LogP contribution is -2.25. The summed E-state index contributed by atoms with van der Waals surface area (Å²) in [6.45, 7) is 3.51. The quantitative estimate of drug-likeness (QED) is 0.453. The fourth-order valence-electron chi connectivity index (χ4n) is 0.122. The topological polar surface area (TPSA) is 20.3 Å². The molecule has 0 heterocycles. The van der Waals surface area contributed by atoms with Crippen molar-refractivity contribution in [3.05, 3.63) is 6.92 Å². The van der Waals surface area contributed by atoms with Gasteiger partial charge in [0.25, 0.3) is 0 Å². The van der Waals surface area contributed by atoms with Crippen LogP contribution < -0.4 is 0 Å². The Labute approximate surface area is 44.1 Å². The second-order valence-corrected chi connectivity index (χ2v) is 1.67. The summed E-state index contributed by atoms with van der Waals surface area (Å²) in [5.74, 6) is 0. The Kier molecular flexibility index (Phi) is 2.60. The van der Waals surface area contributed by atoms with Crippen LogP contribution in [-0.4, -0.2) is 31.3 Å². The number of nitrogens with zero attached hydrogens (tertiary/aromatic N) is 1. The number of hydrogen-bond acceptors (Lipinski definition) is 2. The van der Waals surface area contributed by atoms with Gasteiger partial charge in [-0.3, -0.25) is 4.90 Å². The van der Waals surface area contributed by atoms with Crippen LogP contribution in [-0.2, 0) is 4.79 Å². The minimum Gasteiger partial charge on any atom is -0.302 e. The van der Waals surface area contributed by atoms with E-state index in [1.54, 1.807) is 4.90 Å². The number of carbonyl (C=O) groups excluding carboxylic acids is 1. The molecule has 7 heavy (non-hydrogen) atoms. The molecule has 0 aliphatic rings. The molecule has 0 saturated carbocycles. The van der Waals surface area contributed by atoms with Crippen LogP contribution >= 0.6 is 0 Å². The summed E-state index contributed by atoms with van der Waals surface area (Å²) in [4.78, 5) is 11.6. The fourth-order valence-corrected chi connectivity index (χ4v) is 0.122. The SMILES string of the molecule is [CH2]C(C=O)N(C)C. The highest BCUT2D eigenvalue weighted by Crippen LogP contribution is 1.81. The zero-order valence-corrected chi connectivity index (χ0v) is 4.72. The Morgan fingerprint density at radius 3 is 2.14 bits per heavy atom. The first-order valence-corrected chi connectivity index (χ1v) is 2.13. The molecule has 0 fully saturated rings. The third-order valence-corrected chi connectivity index (χ3v) is 0.820. The normalized spacial score (nSPS) is 14.3. The van der Waals surface area contributed by atoms with E-state index in [4.69, 9.17) is 0 Å². The lowest BCUT2D eigenvalue weighted by atomic mass is 10.4. The van der Waals surface area contributed by atoms with E-state index in [2.05, 4.69) is 6.92 Å². The first-order chi connectivity index (χ1) is 3.18. The van der Waals surface area contributed by atoms with Crippen molar-refractivity contribution in [2.75, 3.05) is 14.1 Å². The standard InChI is InChI=1S/C5H10NO/c1-5(4-7)6(2)3/h4-5H,1H2,2-3H3. The monoisotopic (exact) mass is 100 g/mol. The predicted molar refractivity (Wildman–Crippen MR) is 28.9 cm³/mol. The van der Waals surface area contributed by atoms with Crippen molar-refractivity contribution in [2.45, 2.75) is 6.04 Å². The van der Waals surface area contributed by atoms with E-state index in [1.165, 1.54) is 0 Å². The zero-order valence-electron chi connectivity index (χ0n) is 4.72. The Morgan fingerprint density at radius 1 is 1.71 bits per heavy atom. The van der Waals surface area contributed by atoms with Crippen molar-refractivity contribution in [1.82, 2.24) is 4.90 Å². The van der Waals surface area contributed by atoms with Gasteiger partial charge in [-0.1, -0.05) is 0 Å². The van der Waals surface area contributed by atoms with Crippen molar-refractivity contribution in [1.29, 1.82) is 0 Å². The lowest BCUT2D eigenvalue weighted by Gasteiger charge is -2.10. The molecule has 41 valence electrons. The van der Waals surface area contributed by atoms with E-state index in [0.717, 1.165) is 6.29 Å². The molecule has 0 bridgehead atoms. The van der Waals surface area contributed by atoms with Crippen molar-refractivity contribution >= 4 is 6.29 Å². The Morgan fingerprint density at radius 2 is 2.14 bits per heavy atom. The highest BCUT2D eigenvalue weighted by Gasteiger charge is 1.98. The number of rotatable bonds is 2. The predicted octanol–water partition coefficient (Wildman–Crippen LogP) is -0.0504. The number of aldehydes is 1. The van der Waals surface area contributed by atoms with Gasteiger partial charge in [-0.2, -0.15) is 0 Å². The molecule has 0 spiro atoms. The third-order valence-electron chi connectivity index (χ3n) is 0.820. The number of hydrogen-bond donors (Lipinski definition) is 0. The molecule has 0 aromatic carbocycles. The van der Waals surface area contributed by atoms with Gasteiger partial charge < -0.3 is 4.79 Å². The highest BCUT2D eigenvalue weighted by atomic mass is 16.1. The Balaban J connectivity index is 3.33. The van der Waals surface area contributed by atoms with Crippen LogP contribution in [0.5, 0.6) is 0 Å². The first kappa shape index (κ1) is 6.63. The lowest BCUT2D eigenvalue weighted by molar-refractivity contribution is -0.110. The molecule has 0 aromatic rings. The van der Waals surface area contributed by atoms with Crippen LogP contribution in [0.2, 0.25) is 0 Å².